The van der Waals surface area contributed by atoms with E-state index in [2.05, 4.69) is 15.0 Å². The molecule has 2 heterocycles. The number of H-pyrrole nitrogens is 1. The second-order valence-corrected chi connectivity index (χ2v) is 6.43. The number of nitrogens with zero attached hydrogens (tertiary/aromatic N) is 3. The number of aromatic nitrogens is 2. The van der Waals surface area contributed by atoms with Crippen LogP contribution in [0.4, 0.5) is 10.2 Å². The number of hydrogen-bond donors (Lipinski definition) is 2. The first-order valence-electron chi connectivity index (χ1n) is 8.08. The number of halogens is 1. The van der Waals surface area contributed by atoms with E-state index in [0.717, 1.165) is 5.56 Å². The zero-order valence-electron chi connectivity index (χ0n) is 13.2. The third kappa shape index (κ3) is 2.70. The SMILES string of the molecule is NC1c2[nH]cnc2N=CN1C1(F)CC(COCc2ccccc2)C1. The molecule has 6 nitrogen and oxygen atoms in total. The van der Waals surface area contributed by atoms with Crippen LogP contribution in [0.15, 0.2) is 41.7 Å². The maximum atomic E-state index is 15.1. The van der Waals surface area contributed by atoms with E-state index in [1.165, 1.54) is 17.6 Å². The van der Waals surface area contributed by atoms with Crippen LogP contribution in [-0.4, -0.2) is 33.6 Å². The third-order valence-corrected chi connectivity index (χ3v) is 4.68. The molecule has 0 amide bonds. The molecular weight excluding hydrogens is 309 g/mol. The van der Waals surface area contributed by atoms with Crippen molar-refractivity contribution >= 4 is 12.2 Å². The Morgan fingerprint density at radius 3 is 2.92 bits per heavy atom. The number of fused-ring (bicyclic) bond motifs is 1. The number of aliphatic imine (C=N–C) groups is 1. The average Bonchev–Trinajstić information content (AvgIpc) is 3.04. The maximum Gasteiger partial charge on any atom is 0.185 e. The van der Waals surface area contributed by atoms with Gasteiger partial charge in [0.15, 0.2) is 11.6 Å². The largest absolute Gasteiger partial charge is 0.376 e. The zero-order chi connectivity index (χ0) is 16.6. The minimum Gasteiger partial charge on any atom is -0.376 e. The molecular formula is C17H20FN5O. The van der Waals surface area contributed by atoms with Gasteiger partial charge in [-0.15, -0.1) is 0 Å². The van der Waals surface area contributed by atoms with Crippen molar-refractivity contribution in [3.8, 4) is 0 Å². The van der Waals surface area contributed by atoms with E-state index in [1.807, 2.05) is 30.3 Å². The topological polar surface area (TPSA) is 79.5 Å². The van der Waals surface area contributed by atoms with Gasteiger partial charge in [0.2, 0.25) is 0 Å². The summed E-state index contributed by atoms with van der Waals surface area (Å²) >= 11 is 0. The standard InChI is InChI=1S/C17H20FN5O/c18-17(23-11-22-16-14(15(23)19)20-10-21-16)6-13(7-17)9-24-8-12-4-2-1-3-5-12/h1-5,10-11,13,15H,6-9,19H2,(H,20,21). The molecule has 1 saturated carbocycles. The van der Waals surface area contributed by atoms with Crippen molar-refractivity contribution in [1.82, 2.24) is 14.9 Å². The van der Waals surface area contributed by atoms with Gasteiger partial charge in [-0.25, -0.2) is 14.4 Å². The van der Waals surface area contributed by atoms with Crippen LogP contribution in [0.3, 0.4) is 0 Å². The van der Waals surface area contributed by atoms with Gasteiger partial charge < -0.3 is 20.4 Å². The molecule has 4 rings (SSSR count). The van der Waals surface area contributed by atoms with Crippen LogP contribution in [-0.2, 0) is 11.3 Å². The summed E-state index contributed by atoms with van der Waals surface area (Å²) in [6, 6.07) is 9.98. The highest BCUT2D eigenvalue weighted by Crippen LogP contribution is 2.47. The molecule has 1 fully saturated rings. The molecule has 1 aromatic carbocycles. The fraction of sp³-hybridized carbons (Fsp3) is 0.412. The van der Waals surface area contributed by atoms with E-state index in [4.69, 9.17) is 10.5 Å². The summed E-state index contributed by atoms with van der Waals surface area (Å²) in [7, 11) is 0. The van der Waals surface area contributed by atoms with Gasteiger partial charge in [0.25, 0.3) is 0 Å². The summed E-state index contributed by atoms with van der Waals surface area (Å²) in [4.78, 5) is 12.6. The van der Waals surface area contributed by atoms with Crippen molar-refractivity contribution < 1.29 is 9.13 Å². The summed E-state index contributed by atoms with van der Waals surface area (Å²) in [5.41, 5.74) is 7.92. The average molecular weight is 329 g/mol. The lowest BCUT2D eigenvalue weighted by Crippen LogP contribution is -2.58. The minimum absolute atomic E-state index is 0.197. The molecule has 126 valence electrons. The Hall–Kier alpha value is -2.25. The highest BCUT2D eigenvalue weighted by atomic mass is 19.1. The summed E-state index contributed by atoms with van der Waals surface area (Å²) in [6.45, 7) is 1.11. The fourth-order valence-electron chi connectivity index (χ4n) is 3.37. The predicted molar refractivity (Wildman–Crippen MR) is 88.2 cm³/mol. The van der Waals surface area contributed by atoms with Gasteiger partial charge in [0.05, 0.1) is 31.6 Å². The first-order chi connectivity index (χ1) is 11.7. The molecule has 1 aromatic heterocycles. The Labute approximate surface area is 139 Å². The first kappa shape index (κ1) is 15.3. The predicted octanol–water partition coefficient (Wildman–Crippen LogP) is 2.64. The van der Waals surface area contributed by atoms with Crippen molar-refractivity contribution in [2.45, 2.75) is 31.4 Å². The van der Waals surface area contributed by atoms with Crippen LogP contribution in [0.5, 0.6) is 0 Å². The van der Waals surface area contributed by atoms with Gasteiger partial charge in [0.1, 0.15) is 6.17 Å². The Kier molecular flexibility index (Phi) is 3.82. The first-order valence-corrected chi connectivity index (χ1v) is 8.08. The minimum atomic E-state index is -1.47. The molecule has 1 atom stereocenters. The highest BCUT2D eigenvalue weighted by molar-refractivity contribution is 5.66. The lowest BCUT2D eigenvalue weighted by atomic mass is 9.77. The third-order valence-electron chi connectivity index (χ3n) is 4.68. The van der Waals surface area contributed by atoms with Crippen LogP contribution in [0, 0.1) is 5.92 Å². The monoisotopic (exact) mass is 329 g/mol. The summed E-state index contributed by atoms with van der Waals surface area (Å²) < 4.78 is 20.8. The van der Waals surface area contributed by atoms with Crippen molar-refractivity contribution in [2.24, 2.45) is 16.6 Å². The summed E-state index contributed by atoms with van der Waals surface area (Å²) in [5, 5.41) is 0. The van der Waals surface area contributed by atoms with Crippen molar-refractivity contribution in [3.63, 3.8) is 0 Å². The van der Waals surface area contributed by atoms with Gasteiger partial charge >= 0.3 is 0 Å². The van der Waals surface area contributed by atoms with Crippen LogP contribution < -0.4 is 5.73 Å². The molecule has 2 aliphatic rings. The number of rotatable bonds is 5. The van der Waals surface area contributed by atoms with Gasteiger partial charge in [-0.05, 0) is 11.5 Å². The molecule has 0 saturated heterocycles. The molecule has 3 N–H and O–H groups in total. The van der Waals surface area contributed by atoms with Gasteiger partial charge in [-0.2, -0.15) is 0 Å². The molecule has 1 unspecified atom stereocenters. The van der Waals surface area contributed by atoms with Crippen molar-refractivity contribution in [3.05, 3.63) is 47.9 Å². The zero-order valence-corrected chi connectivity index (χ0v) is 13.2. The number of hydrogen-bond acceptors (Lipinski definition) is 5. The smallest absolute Gasteiger partial charge is 0.185 e. The van der Waals surface area contributed by atoms with E-state index in [9.17, 15) is 0 Å². The van der Waals surface area contributed by atoms with Crippen LogP contribution in [0.2, 0.25) is 0 Å². The number of nitrogens with two attached hydrogens (primary N) is 1. The number of benzene rings is 1. The van der Waals surface area contributed by atoms with E-state index in [1.54, 1.807) is 0 Å². The van der Waals surface area contributed by atoms with Gasteiger partial charge in [0, 0.05) is 12.8 Å². The van der Waals surface area contributed by atoms with E-state index in [-0.39, 0.29) is 5.92 Å². The van der Waals surface area contributed by atoms with Gasteiger partial charge in [-0.1, -0.05) is 30.3 Å². The van der Waals surface area contributed by atoms with Gasteiger partial charge in [-0.3, -0.25) is 0 Å². The molecule has 0 radical (unpaired) electrons. The normalized spacial score (nSPS) is 28.5. The van der Waals surface area contributed by atoms with Crippen molar-refractivity contribution in [1.29, 1.82) is 0 Å². The number of nitrogens with one attached hydrogen (secondary N) is 1. The van der Waals surface area contributed by atoms with Crippen LogP contribution in [0.25, 0.3) is 0 Å². The Bertz CT molecular complexity index is 726. The van der Waals surface area contributed by atoms with Crippen LogP contribution >= 0.6 is 0 Å². The van der Waals surface area contributed by atoms with Crippen LogP contribution in [0.1, 0.15) is 30.3 Å². The van der Waals surface area contributed by atoms with E-state index >= 15 is 4.39 Å². The number of alkyl halides is 1. The Morgan fingerprint density at radius 1 is 1.33 bits per heavy atom. The fourth-order valence-corrected chi connectivity index (χ4v) is 3.37. The second kappa shape index (κ2) is 5.99. The van der Waals surface area contributed by atoms with Crippen molar-refractivity contribution in [2.75, 3.05) is 6.61 Å². The van der Waals surface area contributed by atoms with E-state index < -0.39 is 12.0 Å². The molecule has 1 aliphatic heterocycles. The molecule has 1 aliphatic carbocycles. The molecule has 0 spiro atoms. The molecule has 24 heavy (non-hydrogen) atoms. The second-order valence-electron chi connectivity index (χ2n) is 6.43. The molecule has 7 heteroatoms. The highest BCUT2D eigenvalue weighted by Gasteiger charge is 2.51. The van der Waals surface area contributed by atoms with E-state index in [0.29, 0.717) is 37.6 Å². The molecule has 2 aromatic rings. The molecule has 0 bridgehead atoms. The maximum absolute atomic E-state index is 15.1. The lowest BCUT2D eigenvalue weighted by molar-refractivity contribution is -0.127. The lowest BCUT2D eigenvalue weighted by Gasteiger charge is -2.50. The number of aromatic amines is 1. The summed E-state index contributed by atoms with van der Waals surface area (Å²) in [5.74, 6) is -0.737. The summed E-state index contributed by atoms with van der Waals surface area (Å²) in [6.07, 6.45) is 3.19. The number of ether oxygens (including phenoxy) is 1. The number of imidazole rings is 1. The Balaban J connectivity index is 1.30. The Morgan fingerprint density at radius 2 is 2.12 bits per heavy atom. The quantitative estimate of drug-likeness (QED) is 0.827.